The Morgan fingerprint density at radius 3 is 2.83 bits per heavy atom. The van der Waals surface area contributed by atoms with E-state index in [1.807, 2.05) is 20.8 Å². The highest BCUT2D eigenvalue weighted by Gasteiger charge is 2.23. The summed E-state index contributed by atoms with van der Waals surface area (Å²) in [6.45, 7) is 5.67. The van der Waals surface area contributed by atoms with Crippen LogP contribution in [-0.2, 0) is 6.42 Å². The molecule has 2 aromatic heterocycles. The lowest BCUT2D eigenvalue weighted by atomic mass is 9.99. The number of aromatic nitrogens is 3. The van der Waals surface area contributed by atoms with Crippen molar-refractivity contribution in [1.82, 2.24) is 15.2 Å². The number of benzene rings is 1. The molecule has 3 aromatic rings. The van der Waals surface area contributed by atoms with E-state index >= 15 is 0 Å². The van der Waals surface area contributed by atoms with Crippen molar-refractivity contribution in [1.29, 1.82) is 0 Å². The molecule has 1 radical (unpaired) electrons. The van der Waals surface area contributed by atoms with E-state index in [-0.39, 0.29) is 5.69 Å². The molecule has 0 aliphatic rings. The molecule has 0 bridgehead atoms. The SMILES string of the molecule is CCc1nnc(-c2[nH]c(C)c(-c3cc[c]cc3[N+](=O)[O-])c2C)o1. The fourth-order valence-electron chi connectivity index (χ4n) is 2.65. The van der Waals surface area contributed by atoms with Crippen LogP contribution in [0.2, 0.25) is 0 Å². The van der Waals surface area contributed by atoms with Gasteiger partial charge in [0.2, 0.25) is 5.89 Å². The van der Waals surface area contributed by atoms with Gasteiger partial charge < -0.3 is 9.40 Å². The summed E-state index contributed by atoms with van der Waals surface area (Å²) in [6, 6.07) is 7.48. The molecule has 0 spiro atoms. The molecule has 0 saturated heterocycles. The largest absolute Gasteiger partial charge is 0.419 e. The molecule has 0 fully saturated rings. The second kappa shape index (κ2) is 5.68. The molecule has 0 atom stereocenters. The van der Waals surface area contributed by atoms with Gasteiger partial charge in [0.15, 0.2) is 0 Å². The lowest BCUT2D eigenvalue weighted by Crippen LogP contribution is -1.93. The van der Waals surface area contributed by atoms with Gasteiger partial charge in [-0.3, -0.25) is 10.1 Å². The second-order valence-electron chi connectivity index (χ2n) is 5.18. The highest BCUT2D eigenvalue weighted by Crippen LogP contribution is 2.38. The normalized spacial score (nSPS) is 10.9. The molecule has 0 unspecified atom stereocenters. The van der Waals surface area contributed by atoms with Crippen LogP contribution in [0.25, 0.3) is 22.7 Å². The molecular formula is C16H15N4O3. The Morgan fingerprint density at radius 2 is 2.17 bits per heavy atom. The number of nitro benzene ring substituents is 1. The first-order valence-corrected chi connectivity index (χ1v) is 7.19. The minimum absolute atomic E-state index is 0.0176. The fourth-order valence-corrected chi connectivity index (χ4v) is 2.65. The summed E-state index contributed by atoms with van der Waals surface area (Å²) in [6.07, 6.45) is 0.651. The number of hydrogen-bond acceptors (Lipinski definition) is 5. The summed E-state index contributed by atoms with van der Waals surface area (Å²) in [5.74, 6) is 0.937. The Kier molecular flexibility index (Phi) is 3.69. The van der Waals surface area contributed by atoms with Crippen LogP contribution in [0.3, 0.4) is 0 Å². The summed E-state index contributed by atoms with van der Waals surface area (Å²) in [5, 5.41) is 19.3. The molecule has 1 aromatic carbocycles. The average molecular weight is 311 g/mol. The van der Waals surface area contributed by atoms with Gasteiger partial charge >= 0.3 is 0 Å². The first kappa shape index (κ1) is 15.0. The number of aryl methyl sites for hydroxylation is 2. The number of hydrogen-bond donors (Lipinski definition) is 1. The lowest BCUT2D eigenvalue weighted by Gasteiger charge is -2.04. The van der Waals surface area contributed by atoms with Crippen molar-refractivity contribution in [3.05, 3.63) is 51.5 Å². The van der Waals surface area contributed by atoms with E-state index in [2.05, 4.69) is 21.2 Å². The van der Waals surface area contributed by atoms with E-state index < -0.39 is 4.92 Å². The molecule has 0 amide bonds. The number of nitrogens with zero attached hydrogens (tertiary/aromatic N) is 3. The highest BCUT2D eigenvalue weighted by molar-refractivity contribution is 5.82. The number of aromatic amines is 1. The standard InChI is InChI=1S/C16H15N4O3/c1-4-13-18-19-16(23-13)15-9(2)14(10(3)17-15)11-7-5-6-8-12(11)20(21)22/h5,7-8,17H,4H2,1-3H3. The number of nitrogens with one attached hydrogen (secondary N) is 1. The van der Waals surface area contributed by atoms with Gasteiger partial charge in [0.1, 0.15) is 5.69 Å². The van der Waals surface area contributed by atoms with Crippen LogP contribution in [0.4, 0.5) is 5.69 Å². The molecule has 117 valence electrons. The number of H-pyrrole nitrogens is 1. The zero-order valence-corrected chi connectivity index (χ0v) is 13.0. The predicted molar refractivity (Wildman–Crippen MR) is 83.9 cm³/mol. The fraction of sp³-hybridized carbons (Fsp3) is 0.250. The molecule has 0 aliphatic carbocycles. The third kappa shape index (κ3) is 2.50. The Balaban J connectivity index is 2.18. The lowest BCUT2D eigenvalue weighted by molar-refractivity contribution is -0.384. The summed E-state index contributed by atoms with van der Waals surface area (Å²) in [4.78, 5) is 14.1. The van der Waals surface area contributed by atoms with Gasteiger partial charge in [-0.2, -0.15) is 0 Å². The van der Waals surface area contributed by atoms with Gasteiger partial charge in [0.05, 0.1) is 10.5 Å². The van der Waals surface area contributed by atoms with Gasteiger partial charge in [0.25, 0.3) is 11.6 Å². The molecular weight excluding hydrogens is 296 g/mol. The Hall–Kier alpha value is -2.96. The second-order valence-corrected chi connectivity index (χ2v) is 5.18. The Morgan fingerprint density at radius 1 is 1.39 bits per heavy atom. The van der Waals surface area contributed by atoms with Crippen LogP contribution in [0.1, 0.15) is 24.1 Å². The molecule has 1 N–H and O–H groups in total. The molecule has 0 aliphatic heterocycles. The quantitative estimate of drug-likeness (QED) is 0.586. The van der Waals surface area contributed by atoms with Gasteiger partial charge in [-0.1, -0.05) is 13.0 Å². The van der Waals surface area contributed by atoms with Crippen LogP contribution >= 0.6 is 0 Å². The summed E-state index contributed by atoms with van der Waals surface area (Å²) in [5.41, 5.74) is 3.67. The maximum atomic E-state index is 11.3. The first-order valence-electron chi connectivity index (χ1n) is 7.19. The van der Waals surface area contributed by atoms with Crippen molar-refractivity contribution >= 4 is 5.69 Å². The van der Waals surface area contributed by atoms with Crippen molar-refractivity contribution < 1.29 is 9.34 Å². The molecule has 0 saturated carbocycles. The molecule has 2 heterocycles. The van der Waals surface area contributed by atoms with Gasteiger partial charge in [-0.05, 0) is 31.5 Å². The smallest absolute Gasteiger partial charge is 0.277 e. The zero-order valence-electron chi connectivity index (χ0n) is 13.0. The third-order valence-electron chi connectivity index (χ3n) is 3.73. The molecule has 3 rings (SSSR count). The first-order chi connectivity index (χ1) is 11.0. The minimum atomic E-state index is -0.403. The van der Waals surface area contributed by atoms with E-state index in [0.717, 1.165) is 16.8 Å². The predicted octanol–water partition coefficient (Wildman–Crippen LogP) is 3.62. The molecule has 7 nitrogen and oxygen atoms in total. The zero-order chi connectivity index (χ0) is 16.6. The maximum Gasteiger partial charge on any atom is 0.277 e. The van der Waals surface area contributed by atoms with Crippen LogP contribution < -0.4 is 0 Å². The van der Waals surface area contributed by atoms with Crippen LogP contribution in [0.5, 0.6) is 0 Å². The van der Waals surface area contributed by atoms with Gasteiger partial charge in [0, 0.05) is 23.7 Å². The van der Waals surface area contributed by atoms with Crippen molar-refractivity contribution in [2.75, 3.05) is 0 Å². The number of rotatable bonds is 4. The van der Waals surface area contributed by atoms with E-state index in [1.165, 1.54) is 6.07 Å². The van der Waals surface area contributed by atoms with Gasteiger partial charge in [-0.15, -0.1) is 10.2 Å². The summed E-state index contributed by atoms with van der Waals surface area (Å²) >= 11 is 0. The van der Waals surface area contributed by atoms with E-state index in [4.69, 9.17) is 4.42 Å². The Bertz CT molecular complexity index is 879. The summed E-state index contributed by atoms with van der Waals surface area (Å²) < 4.78 is 5.59. The Labute approximate surface area is 132 Å². The van der Waals surface area contributed by atoms with E-state index in [0.29, 0.717) is 29.5 Å². The topological polar surface area (TPSA) is 97.8 Å². The maximum absolute atomic E-state index is 11.3. The van der Waals surface area contributed by atoms with Crippen molar-refractivity contribution in [2.24, 2.45) is 0 Å². The molecule has 7 heteroatoms. The third-order valence-corrected chi connectivity index (χ3v) is 3.73. The number of nitro groups is 1. The van der Waals surface area contributed by atoms with E-state index in [1.54, 1.807) is 12.1 Å². The van der Waals surface area contributed by atoms with Crippen LogP contribution in [0, 0.1) is 30.0 Å². The van der Waals surface area contributed by atoms with Crippen LogP contribution in [-0.4, -0.2) is 20.1 Å². The highest BCUT2D eigenvalue weighted by atomic mass is 16.6. The van der Waals surface area contributed by atoms with Crippen molar-refractivity contribution in [3.63, 3.8) is 0 Å². The minimum Gasteiger partial charge on any atom is -0.419 e. The van der Waals surface area contributed by atoms with Crippen LogP contribution in [0.15, 0.2) is 22.6 Å². The monoisotopic (exact) mass is 311 g/mol. The molecule has 23 heavy (non-hydrogen) atoms. The van der Waals surface area contributed by atoms with Crippen molar-refractivity contribution in [3.8, 4) is 22.7 Å². The van der Waals surface area contributed by atoms with Crippen molar-refractivity contribution in [2.45, 2.75) is 27.2 Å². The average Bonchev–Trinajstić information content (AvgIpc) is 3.11. The summed E-state index contributed by atoms with van der Waals surface area (Å²) in [7, 11) is 0. The van der Waals surface area contributed by atoms with Gasteiger partial charge in [-0.25, -0.2) is 0 Å². The van der Waals surface area contributed by atoms with E-state index in [9.17, 15) is 10.1 Å².